The molecule has 0 aromatic carbocycles. The average Bonchev–Trinajstić information content (AvgIpc) is 3.39. The van der Waals surface area contributed by atoms with Gasteiger partial charge >= 0.3 is 6.09 Å². The van der Waals surface area contributed by atoms with Crippen molar-refractivity contribution in [3.05, 3.63) is 11.6 Å². The zero-order chi connectivity index (χ0) is 33.9. The summed E-state index contributed by atoms with van der Waals surface area (Å²) in [5.74, 6) is 5.10. The van der Waals surface area contributed by atoms with Crippen LogP contribution in [0.3, 0.4) is 0 Å². The fraction of sp³-hybridized carbons (Fsp3) is 0.929. The molecular weight excluding hydrogens is 580 g/mol. The number of hydrogen-bond acceptors (Lipinski definition) is 4. The number of amides is 1. The van der Waals surface area contributed by atoms with Crippen LogP contribution in [0, 0.1) is 46.3 Å². The normalized spacial score (nSPS) is 33.0. The molecule has 5 nitrogen and oxygen atoms in total. The second-order valence-electron chi connectivity index (χ2n) is 17.6. The van der Waals surface area contributed by atoms with Crippen LogP contribution in [0.1, 0.15) is 170 Å². The average molecular weight is 657 g/mol. The first-order valence-electron chi connectivity index (χ1n) is 20.6. The van der Waals surface area contributed by atoms with Crippen molar-refractivity contribution in [2.24, 2.45) is 46.3 Å². The van der Waals surface area contributed by atoms with Gasteiger partial charge in [-0.05, 0) is 97.7 Å². The van der Waals surface area contributed by atoms with E-state index in [0.717, 1.165) is 67.6 Å². The lowest BCUT2D eigenvalue weighted by atomic mass is 9.47. The van der Waals surface area contributed by atoms with Crippen LogP contribution in [-0.4, -0.2) is 43.0 Å². The Hall–Kier alpha value is -1.07. The van der Waals surface area contributed by atoms with Gasteiger partial charge in [0, 0.05) is 26.1 Å². The standard InChI is InChI=1S/C42H76N2O3/c1-7-8-9-10-11-12-13-14-18-34(45)30-43-27-28-44-40(46)47-35-23-25-41(5)33(29-35)19-20-36-38-22-21-37(32(4)17-15-16-31(2)3)42(38,6)26-24-39(36)41/h19,31-32,34-39,43,45H,7-18,20-30H2,1-6H3,(H,44,46)/t32-,34?,35+,36+,37-,38?,39+,41+,42-/m1/s1. The van der Waals surface area contributed by atoms with Gasteiger partial charge in [0.2, 0.25) is 0 Å². The molecule has 4 rings (SSSR count). The Morgan fingerprint density at radius 1 is 0.894 bits per heavy atom. The van der Waals surface area contributed by atoms with E-state index in [4.69, 9.17) is 4.74 Å². The number of ether oxygens (including phenoxy) is 1. The Kier molecular flexibility index (Phi) is 15.5. The number of aliphatic hydroxyl groups is 1. The first-order valence-corrected chi connectivity index (χ1v) is 20.6. The molecule has 272 valence electrons. The topological polar surface area (TPSA) is 70.6 Å². The largest absolute Gasteiger partial charge is 0.446 e. The lowest BCUT2D eigenvalue weighted by Gasteiger charge is -2.58. The molecule has 0 spiro atoms. The molecule has 0 radical (unpaired) electrons. The van der Waals surface area contributed by atoms with Crippen molar-refractivity contribution in [1.29, 1.82) is 0 Å². The molecule has 5 heteroatoms. The molecule has 4 aliphatic rings. The van der Waals surface area contributed by atoms with E-state index in [9.17, 15) is 9.90 Å². The van der Waals surface area contributed by atoms with Crippen molar-refractivity contribution < 1.29 is 14.6 Å². The minimum Gasteiger partial charge on any atom is -0.446 e. The summed E-state index contributed by atoms with van der Waals surface area (Å²) in [7, 11) is 0. The van der Waals surface area contributed by atoms with Crippen LogP contribution in [0.4, 0.5) is 4.79 Å². The van der Waals surface area contributed by atoms with E-state index in [1.54, 1.807) is 5.57 Å². The van der Waals surface area contributed by atoms with E-state index < -0.39 is 0 Å². The highest BCUT2D eigenvalue weighted by Crippen LogP contribution is 2.67. The number of carbonyl (C=O) groups is 1. The van der Waals surface area contributed by atoms with Crippen molar-refractivity contribution in [3.8, 4) is 0 Å². The van der Waals surface area contributed by atoms with Crippen LogP contribution >= 0.6 is 0 Å². The lowest BCUT2D eigenvalue weighted by molar-refractivity contribution is -0.0581. The van der Waals surface area contributed by atoms with Gasteiger partial charge in [-0.2, -0.15) is 0 Å². The van der Waals surface area contributed by atoms with Crippen molar-refractivity contribution in [2.75, 3.05) is 19.6 Å². The third-order valence-corrected chi connectivity index (χ3v) is 13.9. The number of carbonyl (C=O) groups excluding carboxylic acids is 1. The monoisotopic (exact) mass is 657 g/mol. The lowest BCUT2D eigenvalue weighted by Crippen LogP contribution is -2.51. The number of unbranched alkanes of at least 4 members (excludes halogenated alkanes) is 7. The minimum atomic E-state index is -0.307. The van der Waals surface area contributed by atoms with Crippen LogP contribution in [0.15, 0.2) is 11.6 Å². The van der Waals surface area contributed by atoms with Crippen LogP contribution in [0.5, 0.6) is 0 Å². The summed E-state index contributed by atoms with van der Waals surface area (Å²) in [5.41, 5.74) is 2.38. The Morgan fingerprint density at radius 2 is 1.64 bits per heavy atom. The van der Waals surface area contributed by atoms with Crippen LogP contribution in [-0.2, 0) is 4.74 Å². The highest BCUT2D eigenvalue weighted by Gasteiger charge is 2.59. The van der Waals surface area contributed by atoms with Crippen molar-refractivity contribution in [1.82, 2.24) is 10.6 Å². The molecular formula is C42H76N2O3. The molecule has 0 aliphatic heterocycles. The second-order valence-corrected chi connectivity index (χ2v) is 17.6. The SMILES string of the molecule is CCCCCCCCCCC(O)CNCCNC(=O)O[C@H]1CC[C@@]2(C)C(=CC[C@H]3C4CC[C@H]([C@H](C)CCCC(C)C)[C@@]4(C)CC[C@@H]32)C1. The molecule has 2 unspecified atom stereocenters. The zero-order valence-corrected chi connectivity index (χ0v) is 31.7. The summed E-state index contributed by atoms with van der Waals surface area (Å²) in [6, 6.07) is 0. The fourth-order valence-electron chi connectivity index (χ4n) is 11.1. The molecule has 3 N–H and O–H groups in total. The van der Waals surface area contributed by atoms with Crippen LogP contribution in [0.2, 0.25) is 0 Å². The second kappa shape index (κ2) is 18.8. The Balaban J connectivity index is 1.14. The molecule has 0 aromatic rings. The maximum Gasteiger partial charge on any atom is 0.407 e. The van der Waals surface area contributed by atoms with Gasteiger partial charge in [0.05, 0.1) is 6.10 Å². The predicted molar refractivity (Wildman–Crippen MR) is 197 cm³/mol. The molecule has 0 aromatic heterocycles. The summed E-state index contributed by atoms with van der Waals surface area (Å²) in [6.07, 6.45) is 27.3. The zero-order valence-electron chi connectivity index (χ0n) is 31.7. The number of rotatable bonds is 20. The van der Waals surface area contributed by atoms with Gasteiger partial charge in [-0.3, -0.25) is 0 Å². The maximum absolute atomic E-state index is 12.7. The van der Waals surface area contributed by atoms with Gasteiger partial charge < -0.3 is 20.5 Å². The Bertz CT molecular complexity index is 966. The smallest absolute Gasteiger partial charge is 0.407 e. The van der Waals surface area contributed by atoms with Crippen LogP contribution < -0.4 is 10.6 Å². The summed E-state index contributed by atoms with van der Waals surface area (Å²) in [4.78, 5) is 12.7. The Morgan fingerprint density at radius 3 is 2.38 bits per heavy atom. The van der Waals surface area contributed by atoms with Gasteiger partial charge in [-0.25, -0.2) is 4.79 Å². The molecule has 9 atom stereocenters. The fourth-order valence-corrected chi connectivity index (χ4v) is 11.1. The van der Waals surface area contributed by atoms with Gasteiger partial charge in [-0.1, -0.05) is 124 Å². The van der Waals surface area contributed by atoms with Gasteiger partial charge in [0.1, 0.15) is 6.10 Å². The number of allylic oxidation sites excluding steroid dienone is 1. The third kappa shape index (κ3) is 10.5. The molecule has 3 saturated carbocycles. The summed E-state index contributed by atoms with van der Waals surface area (Å²) < 4.78 is 5.96. The van der Waals surface area contributed by atoms with Crippen LogP contribution in [0.25, 0.3) is 0 Å². The third-order valence-electron chi connectivity index (χ3n) is 13.9. The maximum atomic E-state index is 12.7. The summed E-state index contributed by atoms with van der Waals surface area (Å²) >= 11 is 0. The minimum absolute atomic E-state index is 0.0105. The van der Waals surface area contributed by atoms with Gasteiger partial charge in [0.15, 0.2) is 0 Å². The number of nitrogens with one attached hydrogen (secondary N) is 2. The summed E-state index contributed by atoms with van der Waals surface area (Å²) in [6.45, 7) is 16.6. The van der Waals surface area contributed by atoms with Gasteiger partial charge in [0.25, 0.3) is 0 Å². The number of fused-ring (bicyclic) bond motifs is 5. The van der Waals surface area contributed by atoms with E-state index in [2.05, 4.69) is 58.3 Å². The van der Waals surface area contributed by atoms with Gasteiger partial charge in [-0.15, -0.1) is 0 Å². The number of aliphatic hydroxyl groups excluding tert-OH is 1. The highest BCUT2D eigenvalue weighted by molar-refractivity contribution is 5.67. The number of hydrogen-bond donors (Lipinski definition) is 3. The van der Waals surface area contributed by atoms with Crippen molar-refractivity contribution >= 4 is 6.09 Å². The number of alkyl carbamates (subject to hydrolysis) is 1. The van der Waals surface area contributed by atoms with Crippen molar-refractivity contribution in [2.45, 2.75) is 182 Å². The molecule has 0 heterocycles. The quantitative estimate of drug-likeness (QED) is 0.0901. The molecule has 3 fully saturated rings. The first-order chi connectivity index (χ1) is 22.6. The van der Waals surface area contributed by atoms with E-state index in [1.807, 2.05) is 0 Å². The molecule has 47 heavy (non-hydrogen) atoms. The summed E-state index contributed by atoms with van der Waals surface area (Å²) in [5, 5.41) is 16.5. The van der Waals surface area contributed by atoms with E-state index in [1.165, 1.54) is 96.3 Å². The highest BCUT2D eigenvalue weighted by atomic mass is 16.6. The Labute approximate surface area is 290 Å². The molecule has 0 bridgehead atoms. The van der Waals surface area contributed by atoms with E-state index in [-0.39, 0.29) is 23.7 Å². The molecule has 0 saturated heterocycles. The molecule has 1 amide bonds. The first kappa shape index (κ1) is 38.7. The van der Waals surface area contributed by atoms with Crippen molar-refractivity contribution in [3.63, 3.8) is 0 Å². The molecule has 4 aliphatic carbocycles. The van der Waals surface area contributed by atoms with E-state index >= 15 is 0 Å². The predicted octanol–water partition coefficient (Wildman–Crippen LogP) is 10.6. The van der Waals surface area contributed by atoms with E-state index in [0.29, 0.717) is 25.0 Å².